The Balaban J connectivity index is 1.28. The highest BCUT2D eigenvalue weighted by Gasteiger charge is 2.72. The largest absolute Gasteiger partial charge is 0.359 e. The number of amides is 3. The van der Waals surface area contributed by atoms with Crippen LogP contribution in [0.2, 0.25) is 5.02 Å². The maximum atomic E-state index is 14.3. The number of rotatable bonds is 7. The maximum absolute atomic E-state index is 14.3. The van der Waals surface area contributed by atoms with E-state index in [4.69, 9.17) is 16.3 Å². The van der Waals surface area contributed by atoms with Gasteiger partial charge in [0.1, 0.15) is 17.5 Å². The highest BCUT2D eigenvalue weighted by atomic mass is 35.5. The van der Waals surface area contributed by atoms with E-state index < -0.39 is 41.3 Å². The molecule has 1 aromatic carbocycles. The Labute approximate surface area is 252 Å². The number of halogens is 2. The predicted molar refractivity (Wildman–Crippen MR) is 158 cm³/mol. The molecule has 1 aromatic rings. The molecule has 42 heavy (non-hydrogen) atoms. The van der Waals surface area contributed by atoms with E-state index >= 15 is 0 Å². The summed E-state index contributed by atoms with van der Waals surface area (Å²) in [6, 6.07) is 3.55. The van der Waals surface area contributed by atoms with Crippen molar-refractivity contribution in [3.05, 3.63) is 41.2 Å². The number of carbonyl (C=O) groups excluding carboxylic acids is 3. The number of nitrogens with zero attached hydrogens (tertiary/aromatic N) is 2. The summed E-state index contributed by atoms with van der Waals surface area (Å²) in [7, 11) is 0. The molecule has 4 aliphatic heterocycles. The number of ether oxygens (including phenoxy) is 1. The molecule has 2 N–H and O–H groups in total. The van der Waals surface area contributed by atoms with Crippen LogP contribution in [0.4, 0.5) is 10.1 Å². The summed E-state index contributed by atoms with van der Waals surface area (Å²) in [4.78, 5) is 46.2. The number of hydrogen-bond donors (Lipinski definition) is 2. The normalized spacial score (nSPS) is 37.6. The van der Waals surface area contributed by atoms with Crippen LogP contribution < -0.4 is 10.6 Å². The van der Waals surface area contributed by atoms with Gasteiger partial charge in [-0.1, -0.05) is 56.9 Å². The Morgan fingerprint density at radius 2 is 1.90 bits per heavy atom. The molecule has 10 heteroatoms. The average Bonchev–Trinajstić information content (AvgIpc) is 3.60. The Bertz CT molecular complexity index is 1280. The van der Waals surface area contributed by atoms with Gasteiger partial charge in [0, 0.05) is 30.9 Å². The molecular formula is C32H42ClFN4O4. The van der Waals surface area contributed by atoms with Crippen molar-refractivity contribution < 1.29 is 23.5 Å². The van der Waals surface area contributed by atoms with Gasteiger partial charge in [0.05, 0.1) is 23.0 Å². The lowest BCUT2D eigenvalue weighted by atomic mass is 9.73. The Morgan fingerprint density at radius 3 is 2.67 bits per heavy atom. The smallest absolute Gasteiger partial charge is 0.246 e. The molecule has 9 atom stereocenters. The molecule has 2 bridgehead atoms. The lowest BCUT2D eigenvalue weighted by molar-refractivity contribution is -0.142. The molecule has 1 aliphatic carbocycles. The monoisotopic (exact) mass is 600 g/mol. The fraction of sp³-hybridized carbons (Fsp3) is 0.656. The summed E-state index contributed by atoms with van der Waals surface area (Å²) in [5.41, 5.74) is -0.881. The second kappa shape index (κ2) is 11.5. The third kappa shape index (κ3) is 5.05. The second-order valence-corrected chi connectivity index (χ2v) is 13.5. The van der Waals surface area contributed by atoms with Crippen molar-refractivity contribution in [2.75, 3.05) is 25.0 Å². The molecule has 228 valence electrons. The van der Waals surface area contributed by atoms with Crippen molar-refractivity contribution in [3.8, 4) is 0 Å². The molecule has 4 fully saturated rings. The first-order chi connectivity index (χ1) is 20.1. The van der Waals surface area contributed by atoms with Gasteiger partial charge in [0.15, 0.2) is 0 Å². The molecule has 1 saturated carbocycles. The van der Waals surface area contributed by atoms with Gasteiger partial charge in [-0.2, -0.15) is 0 Å². The zero-order chi connectivity index (χ0) is 29.8. The molecule has 3 amide bonds. The van der Waals surface area contributed by atoms with E-state index in [-0.39, 0.29) is 22.9 Å². The Morgan fingerprint density at radius 1 is 1.10 bits per heavy atom. The molecule has 1 spiro atoms. The fourth-order valence-electron chi connectivity index (χ4n) is 8.08. The summed E-state index contributed by atoms with van der Waals surface area (Å²) in [6.45, 7) is 8.64. The molecule has 5 aliphatic rings. The van der Waals surface area contributed by atoms with Crippen molar-refractivity contribution in [2.24, 2.45) is 23.7 Å². The van der Waals surface area contributed by atoms with Gasteiger partial charge in [-0.15, -0.1) is 0 Å². The zero-order valence-electron chi connectivity index (χ0n) is 24.7. The van der Waals surface area contributed by atoms with Gasteiger partial charge in [-0.25, -0.2) is 4.39 Å². The molecule has 0 radical (unpaired) electrons. The van der Waals surface area contributed by atoms with Gasteiger partial charge in [-0.05, 0) is 62.8 Å². The predicted octanol–water partition coefficient (Wildman–Crippen LogP) is 4.38. The lowest BCUT2D eigenvalue weighted by Crippen LogP contribution is -2.58. The van der Waals surface area contributed by atoms with Crippen molar-refractivity contribution in [1.29, 1.82) is 0 Å². The quantitative estimate of drug-likeness (QED) is 0.453. The summed E-state index contributed by atoms with van der Waals surface area (Å²) >= 11 is 5.94. The standard InChI is InChI=1S/C32H42ClFN4O4/c1-18-7-6-9-24(20(18)3)36-30(40)28-32-13-12-25(42-32)26(29(39)35-21-10-11-23(34)22(33)17-21)27(32)31(41)38(28)16-15-37-14-5-4-8-19(37)2/h10-13,17-20,24-28H,4-9,14-16H2,1-3H3,(H,35,39)(H,36,40)/t18-,19+,20+,24+,25+,26-,27+,28+,32+/m1/s1. The van der Waals surface area contributed by atoms with E-state index in [9.17, 15) is 18.8 Å². The first-order valence-electron chi connectivity index (χ1n) is 15.6. The molecule has 6 rings (SSSR count). The number of likely N-dealkylation sites (tertiary alicyclic amines) is 2. The second-order valence-electron chi connectivity index (χ2n) is 13.1. The van der Waals surface area contributed by atoms with Crippen LogP contribution in [0.25, 0.3) is 0 Å². The van der Waals surface area contributed by atoms with Crippen LogP contribution >= 0.6 is 11.6 Å². The summed E-state index contributed by atoms with van der Waals surface area (Å²) in [5, 5.41) is 6.02. The number of carbonyl (C=O) groups is 3. The molecular weight excluding hydrogens is 559 g/mol. The average molecular weight is 601 g/mol. The number of benzene rings is 1. The van der Waals surface area contributed by atoms with Crippen LogP contribution in [0.1, 0.15) is 59.3 Å². The minimum Gasteiger partial charge on any atom is -0.359 e. The number of hydrogen-bond acceptors (Lipinski definition) is 5. The number of anilines is 1. The van der Waals surface area contributed by atoms with E-state index in [1.165, 1.54) is 24.6 Å². The third-order valence-electron chi connectivity index (χ3n) is 10.7. The topological polar surface area (TPSA) is 91.0 Å². The molecule has 3 saturated heterocycles. The first kappa shape index (κ1) is 29.6. The van der Waals surface area contributed by atoms with Gasteiger partial charge in [0.25, 0.3) is 0 Å². The van der Waals surface area contributed by atoms with Crippen molar-refractivity contribution >= 4 is 35.0 Å². The SMILES string of the molecule is C[C@H]1[C@H](C)CCC[C@@H]1NC(=O)[C@@H]1N(CCN2CCCC[C@@H]2C)C(=O)[C@@H]2[C@H](C(=O)Nc3ccc(F)c(Cl)c3)[C@@H]3C=C[C@]21O3. The van der Waals surface area contributed by atoms with Crippen molar-refractivity contribution in [1.82, 2.24) is 15.1 Å². The van der Waals surface area contributed by atoms with Gasteiger partial charge < -0.3 is 20.3 Å². The van der Waals surface area contributed by atoms with E-state index in [2.05, 4.69) is 36.3 Å². The van der Waals surface area contributed by atoms with E-state index in [0.717, 1.165) is 38.6 Å². The number of piperidine rings is 1. The summed E-state index contributed by atoms with van der Waals surface area (Å²) < 4.78 is 20.2. The minimum atomic E-state index is -1.22. The van der Waals surface area contributed by atoms with Gasteiger partial charge >= 0.3 is 0 Å². The van der Waals surface area contributed by atoms with Crippen LogP contribution in [-0.2, 0) is 19.1 Å². The number of fused-ring (bicyclic) bond motifs is 1. The molecule has 0 unspecified atom stereocenters. The Kier molecular flexibility index (Phi) is 8.13. The van der Waals surface area contributed by atoms with Gasteiger partial charge in [0.2, 0.25) is 17.7 Å². The zero-order valence-corrected chi connectivity index (χ0v) is 25.4. The highest BCUT2D eigenvalue weighted by molar-refractivity contribution is 6.31. The van der Waals surface area contributed by atoms with Crippen LogP contribution in [0.15, 0.2) is 30.4 Å². The summed E-state index contributed by atoms with van der Waals surface area (Å²) in [6.07, 6.45) is 9.56. The van der Waals surface area contributed by atoms with Crippen LogP contribution in [-0.4, -0.2) is 77.0 Å². The minimum absolute atomic E-state index is 0.0284. The van der Waals surface area contributed by atoms with Crippen LogP contribution in [0, 0.1) is 29.5 Å². The maximum Gasteiger partial charge on any atom is 0.246 e. The highest BCUT2D eigenvalue weighted by Crippen LogP contribution is 2.55. The molecule has 8 nitrogen and oxygen atoms in total. The van der Waals surface area contributed by atoms with Crippen LogP contribution in [0.5, 0.6) is 0 Å². The molecule has 0 aromatic heterocycles. The first-order valence-corrected chi connectivity index (χ1v) is 16.0. The van der Waals surface area contributed by atoms with E-state index in [1.807, 2.05) is 12.2 Å². The van der Waals surface area contributed by atoms with Gasteiger partial charge in [-0.3, -0.25) is 19.3 Å². The van der Waals surface area contributed by atoms with Crippen molar-refractivity contribution in [2.45, 2.75) is 89.1 Å². The van der Waals surface area contributed by atoms with E-state index in [0.29, 0.717) is 36.7 Å². The van der Waals surface area contributed by atoms with Crippen molar-refractivity contribution in [3.63, 3.8) is 0 Å². The summed E-state index contributed by atoms with van der Waals surface area (Å²) in [5.74, 6) is -2.26. The fourth-order valence-corrected chi connectivity index (χ4v) is 8.26. The Hall–Kier alpha value is -2.49. The third-order valence-corrected chi connectivity index (χ3v) is 11.0. The number of nitrogens with one attached hydrogen (secondary N) is 2. The molecule has 4 heterocycles. The van der Waals surface area contributed by atoms with E-state index in [1.54, 1.807) is 4.90 Å². The van der Waals surface area contributed by atoms with Crippen LogP contribution in [0.3, 0.4) is 0 Å². The lowest BCUT2D eigenvalue weighted by Gasteiger charge is -2.39.